The third-order valence-corrected chi connectivity index (χ3v) is 9.75. The van der Waals surface area contributed by atoms with Gasteiger partial charge in [0, 0.05) is 68.1 Å². The van der Waals surface area contributed by atoms with Crippen molar-refractivity contribution in [1.82, 2.24) is 30.0 Å². The monoisotopic (exact) mass is 725 g/mol. The highest BCUT2D eigenvalue weighted by atomic mass is 35.5. The van der Waals surface area contributed by atoms with E-state index in [-0.39, 0.29) is 34.2 Å². The lowest BCUT2D eigenvalue weighted by Gasteiger charge is -2.58. The number of pyridine rings is 1. The van der Waals surface area contributed by atoms with Crippen LogP contribution in [-0.2, 0) is 19.5 Å². The molecule has 1 saturated carbocycles. The van der Waals surface area contributed by atoms with Crippen LogP contribution in [0, 0.1) is 11.2 Å². The molecule has 0 N–H and O–H groups in total. The van der Waals surface area contributed by atoms with Gasteiger partial charge >= 0.3 is 6.18 Å². The second kappa shape index (κ2) is 13.9. The van der Waals surface area contributed by atoms with Gasteiger partial charge in [-0.3, -0.25) is 14.7 Å². The summed E-state index contributed by atoms with van der Waals surface area (Å²) in [4.78, 5) is 27.2. The zero-order valence-corrected chi connectivity index (χ0v) is 28.8. The van der Waals surface area contributed by atoms with E-state index in [1.54, 1.807) is 0 Å². The van der Waals surface area contributed by atoms with Gasteiger partial charge in [0.25, 0.3) is 11.8 Å². The summed E-state index contributed by atoms with van der Waals surface area (Å²) < 4.78 is 66.8. The van der Waals surface area contributed by atoms with Crippen molar-refractivity contribution in [2.45, 2.75) is 64.5 Å². The summed E-state index contributed by atoms with van der Waals surface area (Å²) in [6.07, 6.45) is -0.327. The first-order valence-electron chi connectivity index (χ1n) is 16.7. The Kier molecular flexibility index (Phi) is 9.48. The number of carbonyl (C=O) groups is 1. The molecule has 7 rings (SSSR count). The molecular weight excluding hydrogens is 690 g/mol. The number of ether oxygens (including phenoxy) is 2. The molecule has 1 amide bonds. The number of carbonyl (C=O) groups excluding carboxylic acids is 1. The number of benzene rings is 2. The molecule has 0 bridgehead atoms. The quantitative estimate of drug-likeness (QED) is 0.162. The lowest BCUT2D eigenvalue weighted by molar-refractivity contribution is -0.143. The summed E-state index contributed by atoms with van der Waals surface area (Å²) in [6, 6.07) is 14.6. The molecule has 2 aromatic carbocycles. The van der Waals surface area contributed by atoms with E-state index < -0.39 is 36.1 Å². The van der Waals surface area contributed by atoms with Gasteiger partial charge < -0.3 is 19.3 Å². The normalized spacial score (nSPS) is 17.1. The number of hydrogen-bond acceptors (Lipinski definition) is 9. The molecule has 1 aliphatic carbocycles. The Morgan fingerprint density at radius 1 is 1.08 bits per heavy atom. The molecule has 51 heavy (non-hydrogen) atoms. The fourth-order valence-corrected chi connectivity index (χ4v) is 7.27. The van der Waals surface area contributed by atoms with Crippen LogP contribution in [-0.4, -0.2) is 80.4 Å². The number of amides is 1. The van der Waals surface area contributed by atoms with Crippen LogP contribution in [0.2, 0.25) is 5.28 Å². The van der Waals surface area contributed by atoms with Gasteiger partial charge in [-0.05, 0) is 68.1 Å². The molecule has 2 aromatic heterocycles. The van der Waals surface area contributed by atoms with E-state index in [9.17, 15) is 22.4 Å². The first-order chi connectivity index (χ1) is 24.3. The van der Waals surface area contributed by atoms with Crippen molar-refractivity contribution >= 4 is 23.3 Å². The van der Waals surface area contributed by atoms with E-state index in [4.69, 9.17) is 21.1 Å². The third-order valence-electron chi connectivity index (χ3n) is 9.59. The minimum Gasteiger partial charge on any atom is -0.490 e. The van der Waals surface area contributed by atoms with Gasteiger partial charge in [-0.15, -0.1) is 10.2 Å². The molecule has 10 nitrogen and oxygen atoms in total. The maximum Gasteiger partial charge on any atom is 0.406 e. The molecule has 1 spiro atoms. The highest BCUT2D eigenvalue weighted by Gasteiger charge is 2.54. The highest BCUT2D eigenvalue weighted by molar-refractivity contribution is 6.28. The van der Waals surface area contributed by atoms with E-state index in [1.807, 2.05) is 23.2 Å². The van der Waals surface area contributed by atoms with Gasteiger partial charge in [-0.1, -0.05) is 30.3 Å². The lowest BCUT2D eigenvalue weighted by atomic mass is 9.61. The molecule has 0 radical (unpaired) electrons. The van der Waals surface area contributed by atoms with Crippen molar-refractivity contribution < 1.29 is 31.8 Å². The molecule has 3 aliphatic rings. The number of nitrogens with zero attached hydrogens (tertiary/aromatic N) is 7. The van der Waals surface area contributed by atoms with Crippen molar-refractivity contribution in [3.8, 4) is 17.4 Å². The number of anilines is 1. The van der Waals surface area contributed by atoms with Crippen LogP contribution in [0.15, 0.2) is 60.8 Å². The van der Waals surface area contributed by atoms with Crippen LogP contribution in [0.3, 0.4) is 0 Å². The standard InChI is InChI=1S/C36H36ClF4N7O3/c1-22(2)48(21-36(39,40)41)33(49)26-14-24(38)8-9-29(26)51-32-31(43-34(37)45-44-32)47-19-35(20-47)15-25(16-35)50-30-10-12-42-28-11-13-46(18-27(28)30)17-23-6-4-3-5-7-23/h3-10,12,14,22,25H,11,13,15-21H2,1-2H3. The maximum atomic E-state index is 14.3. The Hall–Kier alpha value is -4.56. The van der Waals surface area contributed by atoms with Crippen LogP contribution < -0.4 is 14.4 Å². The van der Waals surface area contributed by atoms with E-state index in [1.165, 1.54) is 25.5 Å². The minimum atomic E-state index is -4.66. The number of alkyl halides is 3. The van der Waals surface area contributed by atoms with Gasteiger partial charge in [-0.2, -0.15) is 18.2 Å². The SMILES string of the molecule is CC(C)N(CC(F)(F)F)C(=O)c1cc(F)ccc1Oc1nnc(Cl)nc1N1CC2(CC(Oc3ccnc4c3CN(Cc3ccccc3)CC4)C2)C1. The van der Waals surface area contributed by atoms with Gasteiger partial charge in [-0.25, -0.2) is 4.39 Å². The van der Waals surface area contributed by atoms with Crippen molar-refractivity contribution in [2.24, 2.45) is 5.41 Å². The summed E-state index contributed by atoms with van der Waals surface area (Å²) in [6.45, 7) is 5.12. The number of fused-ring (bicyclic) bond motifs is 1. The fraction of sp³-hybridized carbons (Fsp3) is 0.417. The van der Waals surface area contributed by atoms with Crippen molar-refractivity contribution in [3.63, 3.8) is 0 Å². The Balaban J connectivity index is 1.01. The average Bonchev–Trinajstić information content (AvgIpc) is 3.05. The molecule has 268 valence electrons. The lowest BCUT2D eigenvalue weighted by Crippen LogP contribution is -2.65. The highest BCUT2D eigenvalue weighted by Crippen LogP contribution is 2.52. The van der Waals surface area contributed by atoms with Crippen LogP contribution in [0.1, 0.15) is 53.9 Å². The van der Waals surface area contributed by atoms with Crippen molar-refractivity contribution in [1.29, 1.82) is 0 Å². The largest absolute Gasteiger partial charge is 0.490 e. The van der Waals surface area contributed by atoms with Crippen molar-refractivity contribution in [3.05, 3.63) is 94.3 Å². The molecule has 4 heterocycles. The van der Waals surface area contributed by atoms with E-state index in [0.717, 1.165) is 68.0 Å². The summed E-state index contributed by atoms with van der Waals surface area (Å²) in [5.74, 6) is -1.04. The second-order valence-electron chi connectivity index (χ2n) is 13.8. The molecule has 2 aliphatic heterocycles. The predicted octanol–water partition coefficient (Wildman–Crippen LogP) is 6.87. The van der Waals surface area contributed by atoms with Crippen LogP contribution in [0.4, 0.5) is 23.4 Å². The van der Waals surface area contributed by atoms with Crippen LogP contribution in [0.5, 0.6) is 17.4 Å². The molecular formula is C36H36ClF4N7O3. The van der Waals surface area contributed by atoms with E-state index in [0.29, 0.717) is 18.0 Å². The molecule has 4 aromatic rings. The van der Waals surface area contributed by atoms with Crippen LogP contribution in [0.25, 0.3) is 0 Å². The number of aromatic nitrogens is 4. The number of rotatable bonds is 10. The van der Waals surface area contributed by atoms with Crippen molar-refractivity contribution in [2.75, 3.05) is 31.1 Å². The molecule has 0 atom stereocenters. The summed E-state index contributed by atoms with van der Waals surface area (Å²) in [5.41, 5.74) is 3.05. The van der Waals surface area contributed by atoms with Gasteiger partial charge in [0.2, 0.25) is 5.28 Å². The summed E-state index contributed by atoms with van der Waals surface area (Å²) in [5, 5.41) is 7.68. The van der Waals surface area contributed by atoms with Gasteiger partial charge in [0.1, 0.15) is 30.0 Å². The smallest absolute Gasteiger partial charge is 0.406 e. The Bertz CT molecular complexity index is 1900. The molecule has 15 heteroatoms. The Morgan fingerprint density at radius 2 is 1.84 bits per heavy atom. The Morgan fingerprint density at radius 3 is 2.57 bits per heavy atom. The molecule has 0 unspecified atom stereocenters. The average molecular weight is 726 g/mol. The second-order valence-corrected chi connectivity index (χ2v) is 14.1. The first kappa shape index (κ1) is 34.9. The van der Waals surface area contributed by atoms with E-state index in [2.05, 4.69) is 49.3 Å². The zero-order chi connectivity index (χ0) is 35.9. The molecule has 2 fully saturated rings. The predicted molar refractivity (Wildman–Crippen MR) is 180 cm³/mol. The Labute approximate surface area is 297 Å². The van der Waals surface area contributed by atoms with E-state index >= 15 is 0 Å². The van der Waals surface area contributed by atoms with Gasteiger partial charge in [0.15, 0.2) is 5.82 Å². The maximum absolute atomic E-state index is 14.3. The number of halogens is 5. The zero-order valence-electron chi connectivity index (χ0n) is 28.0. The summed E-state index contributed by atoms with van der Waals surface area (Å²) >= 11 is 6.12. The minimum absolute atomic E-state index is 0.0272. The van der Waals surface area contributed by atoms with Crippen LogP contribution >= 0.6 is 11.6 Å². The first-order valence-corrected chi connectivity index (χ1v) is 17.1. The fourth-order valence-electron chi connectivity index (χ4n) is 7.15. The van der Waals surface area contributed by atoms with Gasteiger partial charge in [0.05, 0.1) is 5.56 Å². The topological polar surface area (TPSA) is 96.8 Å². The summed E-state index contributed by atoms with van der Waals surface area (Å²) in [7, 11) is 0. The molecule has 1 saturated heterocycles. The third kappa shape index (κ3) is 7.71. The number of hydrogen-bond donors (Lipinski definition) is 0.